The molecule has 0 aliphatic carbocycles. The monoisotopic (exact) mass is 344 g/mol. The molecule has 0 bridgehead atoms. The van der Waals surface area contributed by atoms with Crippen LogP contribution in [0.2, 0.25) is 5.02 Å². The molecule has 6 nitrogen and oxygen atoms in total. The average molecular weight is 345 g/mol. The largest absolute Gasteiger partial charge is 0.355 e. The summed E-state index contributed by atoms with van der Waals surface area (Å²) >= 11 is 5.79. The van der Waals surface area contributed by atoms with Crippen molar-refractivity contribution in [2.75, 3.05) is 6.54 Å². The van der Waals surface area contributed by atoms with Crippen LogP contribution in [0, 0.1) is 6.92 Å². The summed E-state index contributed by atoms with van der Waals surface area (Å²) in [7, 11) is 0. The molecule has 0 radical (unpaired) electrons. The number of benzene rings is 1. The first-order chi connectivity index (χ1) is 11.6. The summed E-state index contributed by atoms with van der Waals surface area (Å²) in [5.41, 5.74) is 2.32. The molecule has 0 saturated heterocycles. The van der Waals surface area contributed by atoms with E-state index < -0.39 is 0 Å². The van der Waals surface area contributed by atoms with Crippen LogP contribution >= 0.6 is 11.6 Å². The number of amides is 1. The summed E-state index contributed by atoms with van der Waals surface area (Å²) in [4.78, 5) is 12.1. The Morgan fingerprint density at radius 1 is 1.33 bits per heavy atom. The Hall–Kier alpha value is -2.60. The van der Waals surface area contributed by atoms with E-state index in [1.165, 1.54) is 0 Å². The van der Waals surface area contributed by atoms with Gasteiger partial charge >= 0.3 is 0 Å². The van der Waals surface area contributed by atoms with E-state index in [4.69, 9.17) is 16.1 Å². The molecule has 124 valence electrons. The van der Waals surface area contributed by atoms with Crippen molar-refractivity contribution in [1.29, 1.82) is 0 Å². The maximum Gasteiger partial charge on any atom is 0.273 e. The van der Waals surface area contributed by atoms with Crippen LogP contribution < -0.4 is 5.32 Å². The van der Waals surface area contributed by atoms with Crippen LogP contribution in [0.25, 0.3) is 11.3 Å². The minimum absolute atomic E-state index is 0.254. The third kappa shape index (κ3) is 4.02. The van der Waals surface area contributed by atoms with Crippen molar-refractivity contribution in [2.24, 2.45) is 0 Å². The van der Waals surface area contributed by atoms with Crippen LogP contribution in [0.5, 0.6) is 0 Å². The van der Waals surface area contributed by atoms with Gasteiger partial charge in [-0.05, 0) is 13.3 Å². The Balaban J connectivity index is 1.51. The normalized spacial score (nSPS) is 10.8. The van der Waals surface area contributed by atoms with Gasteiger partial charge in [0.2, 0.25) is 0 Å². The zero-order chi connectivity index (χ0) is 16.9. The Bertz CT molecular complexity index is 823. The number of hydrogen-bond donors (Lipinski definition) is 1. The molecule has 2 aromatic heterocycles. The van der Waals surface area contributed by atoms with E-state index in [-0.39, 0.29) is 11.6 Å². The van der Waals surface area contributed by atoms with Crippen LogP contribution in [0.4, 0.5) is 0 Å². The molecule has 24 heavy (non-hydrogen) atoms. The van der Waals surface area contributed by atoms with Crippen LogP contribution in [-0.2, 0) is 6.54 Å². The molecule has 1 N–H and O–H groups in total. The molecule has 1 aromatic carbocycles. The second kappa shape index (κ2) is 7.31. The van der Waals surface area contributed by atoms with Gasteiger partial charge in [0.1, 0.15) is 0 Å². The van der Waals surface area contributed by atoms with Crippen molar-refractivity contribution in [3.8, 4) is 11.3 Å². The van der Waals surface area contributed by atoms with Crippen molar-refractivity contribution in [3.63, 3.8) is 0 Å². The van der Waals surface area contributed by atoms with Gasteiger partial charge in [-0.15, -0.1) is 0 Å². The van der Waals surface area contributed by atoms with Crippen molar-refractivity contribution in [2.45, 2.75) is 19.9 Å². The molecule has 0 aliphatic rings. The van der Waals surface area contributed by atoms with Gasteiger partial charge < -0.3 is 9.84 Å². The first-order valence-electron chi connectivity index (χ1n) is 7.62. The Morgan fingerprint density at radius 3 is 2.83 bits per heavy atom. The van der Waals surface area contributed by atoms with Gasteiger partial charge in [-0.25, -0.2) is 0 Å². The third-order valence-electron chi connectivity index (χ3n) is 3.53. The number of rotatable bonds is 6. The van der Waals surface area contributed by atoms with Crippen molar-refractivity contribution < 1.29 is 9.32 Å². The minimum Gasteiger partial charge on any atom is -0.355 e. The molecule has 2 heterocycles. The highest BCUT2D eigenvalue weighted by molar-refractivity contribution is 6.30. The van der Waals surface area contributed by atoms with Crippen molar-refractivity contribution in [1.82, 2.24) is 20.3 Å². The molecule has 0 atom stereocenters. The van der Waals surface area contributed by atoms with Gasteiger partial charge in [0.15, 0.2) is 11.5 Å². The molecule has 1 amide bonds. The lowest BCUT2D eigenvalue weighted by Gasteiger charge is -2.03. The maximum absolute atomic E-state index is 12.1. The van der Waals surface area contributed by atoms with Gasteiger partial charge in [0.05, 0.1) is 11.2 Å². The third-order valence-corrected chi connectivity index (χ3v) is 3.73. The number of carbonyl (C=O) groups excluding carboxylic acids is 1. The fraction of sp³-hybridized carbons (Fsp3) is 0.235. The Morgan fingerprint density at radius 2 is 2.12 bits per heavy atom. The minimum atomic E-state index is -0.254. The number of halogens is 1. The number of nitrogens with one attached hydrogen (secondary N) is 1. The highest BCUT2D eigenvalue weighted by atomic mass is 35.5. The van der Waals surface area contributed by atoms with E-state index in [2.05, 4.69) is 15.6 Å². The lowest BCUT2D eigenvalue weighted by atomic mass is 10.1. The summed E-state index contributed by atoms with van der Waals surface area (Å²) in [6.07, 6.45) is 4.07. The first kappa shape index (κ1) is 16.3. The number of carbonyl (C=O) groups is 1. The van der Waals surface area contributed by atoms with E-state index in [1.54, 1.807) is 23.1 Å². The molecular weight excluding hydrogens is 328 g/mol. The molecule has 7 heteroatoms. The van der Waals surface area contributed by atoms with E-state index in [1.807, 2.05) is 31.2 Å². The molecule has 0 spiro atoms. The summed E-state index contributed by atoms with van der Waals surface area (Å²) in [5, 5.41) is 11.3. The van der Waals surface area contributed by atoms with Gasteiger partial charge in [-0.2, -0.15) is 5.10 Å². The quantitative estimate of drug-likeness (QED) is 0.696. The van der Waals surface area contributed by atoms with E-state index in [9.17, 15) is 4.79 Å². The van der Waals surface area contributed by atoms with Gasteiger partial charge in [-0.1, -0.05) is 46.6 Å². The van der Waals surface area contributed by atoms with Gasteiger partial charge in [0.25, 0.3) is 5.91 Å². The maximum atomic E-state index is 12.1. The smallest absolute Gasteiger partial charge is 0.273 e. The van der Waals surface area contributed by atoms with Gasteiger partial charge in [-0.3, -0.25) is 9.48 Å². The first-order valence-corrected chi connectivity index (χ1v) is 7.99. The number of hydrogen-bond acceptors (Lipinski definition) is 4. The van der Waals surface area contributed by atoms with Crippen LogP contribution in [0.3, 0.4) is 0 Å². The zero-order valence-electron chi connectivity index (χ0n) is 13.2. The number of aryl methyl sites for hydroxylation is 2. The van der Waals surface area contributed by atoms with Crippen LogP contribution in [0.15, 0.2) is 47.2 Å². The lowest BCUT2D eigenvalue weighted by Crippen LogP contribution is -2.25. The molecular formula is C17H17ClN4O2. The summed E-state index contributed by atoms with van der Waals surface area (Å²) < 4.78 is 6.99. The second-order valence-corrected chi connectivity index (χ2v) is 5.91. The molecule has 0 aliphatic heterocycles. The molecule has 0 unspecified atom stereocenters. The topological polar surface area (TPSA) is 73.0 Å². The zero-order valence-corrected chi connectivity index (χ0v) is 14.0. The predicted molar refractivity (Wildman–Crippen MR) is 90.9 cm³/mol. The molecule has 3 aromatic rings. The highest BCUT2D eigenvalue weighted by Crippen LogP contribution is 2.20. The van der Waals surface area contributed by atoms with E-state index in [0.717, 1.165) is 17.5 Å². The molecule has 3 rings (SSSR count). The summed E-state index contributed by atoms with van der Waals surface area (Å²) in [6, 6.07) is 9.49. The van der Waals surface area contributed by atoms with Gasteiger partial charge in [0, 0.05) is 30.9 Å². The van der Waals surface area contributed by atoms with Crippen LogP contribution in [0.1, 0.15) is 22.5 Å². The average Bonchev–Trinajstić information content (AvgIpc) is 3.21. The lowest BCUT2D eigenvalue weighted by molar-refractivity contribution is 0.0943. The summed E-state index contributed by atoms with van der Waals surface area (Å²) in [6.45, 7) is 3.21. The van der Waals surface area contributed by atoms with E-state index in [0.29, 0.717) is 23.9 Å². The fourth-order valence-corrected chi connectivity index (χ4v) is 2.39. The van der Waals surface area contributed by atoms with Crippen molar-refractivity contribution >= 4 is 17.5 Å². The number of nitrogens with zero attached hydrogens (tertiary/aromatic N) is 3. The predicted octanol–water partition coefficient (Wildman–Crippen LogP) is 3.32. The standard InChI is InChI=1S/C17H17ClN4O2/c1-12-3-5-13(6-4-12)16-9-15(21-24-16)17(23)19-7-2-8-22-11-14(18)10-20-22/h3-6,9-11H,2,7-8H2,1H3,(H,19,23). The fourth-order valence-electron chi connectivity index (χ4n) is 2.23. The highest BCUT2D eigenvalue weighted by Gasteiger charge is 2.13. The Kier molecular flexibility index (Phi) is 4.96. The summed E-state index contributed by atoms with van der Waals surface area (Å²) in [5.74, 6) is 0.321. The van der Waals surface area contributed by atoms with E-state index >= 15 is 0 Å². The van der Waals surface area contributed by atoms with Crippen molar-refractivity contribution in [3.05, 3.63) is 59.0 Å². The number of aromatic nitrogens is 3. The second-order valence-electron chi connectivity index (χ2n) is 5.47. The molecule has 0 saturated carbocycles. The van der Waals surface area contributed by atoms with Crippen LogP contribution in [-0.4, -0.2) is 27.4 Å². The molecule has 0 fully saturated rings. The SMILES string of the molecule is Cc1ccc(-c2cc(C(=O)NCCCn3cc(Cl)cn3)no2)cc1. The Labute approximate surface area is 144 Å².